The second-order valence-electron chi connectivity index (χ2n) is 4.83. The summed E-state index contributed by atoms with van der Waals surface area (Å²) in [5.74, 6) is -0.919. The molecule has 17 heavy (non-hydrogen) atoms. The van der Waals surface area contributed by atoms with Crippen LogP contribution < -0.4 is 4.48 Å². The number of benzene rings is 1. The number of hydrogen-bond donors (Lipinski definition) is 2. The van der Waals surface area contributed by atoms with Crippen molar-refractivity contribution in [2.75, 3.05) is 21.1 Å². The molecule has 0 fully saturated rings. The SMILES string of the molecule is C[N+](C)(C)c1cccc2c(I)c(C(=O)O)[nH]c12. The van der Waals surface area contributed by atoms with Crippen molar-refractivity contribution in [2.24, 2.45) is 0 Å². The first-order valence-corrected chi connectivity index (χ1v) is 6.25. The van der Waals surface area contributed by atoms with Crippen LogP contribution in [0.3, 0.4) is 0 Å². The predicted octanol–water partition coefficient (Wildman–Crippen LogP) is 2.67. The highest BCUT2D eigenvalue weighted by Crippen LogP contribution is 2.32. The smallest absolute Gasteiger partial charge is 0.353 e. The molecule has 2 aromatic rings. The zero-order valence-corrected chi connectivity index (χ0v) is 12.1. The zero-order valence-electron chi connectivity index (χ0n) is 9.91. The number of aromatic amines is 1. The highest BCUT2D eigenvalue weighted by atomic mass is 127. The number of quaternary nitrogens is 1. The number of para-hydroxylation sites is 1. The van der Waals surface area contributed by atoms with Gasteiger partial charge in [-0.25, -0.2) is 4.79 Å². The van der Waals surface area contributed by atoms with E-state index in [9.17, 15) is 4.79 Å². The summed E-state index contributed by atoms with van der Waals surface area (Å²) in [6.07, 6.45) is 0. The number of H-pyrrole nitrogens is 1. The molecule has 0 radical (unpaired) electrons. The van der Waals surface area contributed by atoms with Crippen LogP contribution in [-0.4, -0.2) is 37.2 Å². The summed E-state index contributed by atoms with van der Waals surface area (Å²) in [5.41, 5.74) is 2.25. The quantitative estimate of drug-likeness (QED) is 0.650. The minimum atomic E-state index is -0.919. The molecule has 0 aliphatic carbocycles. The molecule has 1 aromatic heterocycles. The molecule has 2 rings (SSSR count). The molecule has 2 N–H and O–H groups in total. The average molecular weight is 345 g/mol. The summed E-state index contributed by atoms with van der Waals surface area (Å²) < 4.78 is 1.41. The van der Waals surface area contributed by atoms with Crippen LogP contribution in [-0.2, 0) is 0 Å². The Hall–Kier alpha value is -1.08. The second-order valence-corrected chi connectivity index (χ2v) is 5.91. The van der Waals surface area contributed by atoms with E-state index in [0.717, 1.165) is 20.2 Å². The van der Waals surface area contributed by atoms with Gasteiger partial charge in [-0.1, -0.05) is 12.1 Å². The van der Waals surface area contributed by atoms with Gasteiger partial charge in [0, 0.05) is 11.5 Å². The fourth-order valence-electron chi connectivity index (χ4n) is 1.88. The Bertz CT molecular complexity index is 596. The van der Waals surface area contributed by atoms with Gasteiger partial charge < -0.3 is 10.1 Å². The first-order valence-electron chi connectivity index (χ1n) is 5.18. The first kappa shape index (κ1) is 12.4. The molecule has 0 saturated carbocycles. The summed E-state index contributed by atoms with van der Waals surface area (Å²) in [7, 11) is 6.18. The molecular weight excluding hydrogens is 331 g/mol. The van der Waals surface area contributed by atoms with E-state index < -0.39 is 5.97 Å². The lowest BCUT2D eigenvalue weighted by Gasteiger charge is -2.23. The number of aromatic carboxylic acids is 1. The number of carboxylic acids is 1. The number of halogens is 1. The van der Waals surface area contributed by atoms with Crippen LogP contribution >= 0.6 is 22.6 Å². The third kappa shape index (κ3) is 2.04. The van der Waals surface area contributed by atoms with Crippen LogP contribution in [0.1, 0.15) is 10.5 Å². The highest BCUT2D eigenvalue weighted by molar-refractivity contribution is 14.1. The Morgan fingerprint density at radius 3 is 2.53 bits per heavy atom. The number of nitrogens with zero attached hydrogens (tertiary/aromatic N) is 1. The molecule has 0 amide bonds. The van der Waals surface area contributed by atoms with E-state index >= 15 is 0 Å². The zero-order chi connectivity index (χ0) is 12.8. The lowest BCUT2D eigenvalue weighted by atomic mass is 10.2. The first-order chi connectivity index (χ1) is 7.82. The van der Waals surface area contributed by atoms with Crippen molar-refractivity contribution >= 4 is 45.2 Å². The van der Waals surface area contributed by atoms with Gasteiger partial charge in [-0.15, -0.1) is 0 Å². The Labute approximate surface area is 113 Å². The van der Waals surface area contributed by atoms with Crippen LogP contribution in [0.4, 0.5) is 5.69 Å². The molecule has 1 aromatic carbocycles. The van der Waals surface area contributed by atoms with Crippen molar-refractivity contribution in [1.29, 1.82) is 0 Å². The monoisotopic (exact) mass is 345 g/mol. The van der Waals surface area contributed by atoms with Gasteiger partial charge in [-0.05, 0) is 22.6 Å². The number of aromatic nitrogens is 1. The van der Waals surface area contributed by atoms with E-state index in [0.29, 0.717) is 4.48 Å². The molecule has 90 valence electrons. The summed E-state index contributed by atoms with van der Waals surface area (Å²) in [5, 5.41) is 10.1. The van der Waals surface area contributed by atoms with Crippen molar-refractivity contribution in [3.8, 4) is 0 Å². The maximum atomic E-state index is 11.1. The Kier molecular flexibility index (Phi) is 2.90. The molecule has 0 unspecified atom stereocenters. The topological polar surface area (TPSA) is 53.1 Å². The average Bonchev–Trinajstić information content (AvgIpc) is 2.55. The lowest BCUT2D eigenvalue weighted by Crippen LogP contribution is -2.34. The Morgan fingerprint density at radius 1 is 1.35 bits per heavy atom. The number of nitrogens with one attached hydrogen (secondary N) is 1. The number of carbonyl (C=O) groups is 1. The molecule has 1 heterocycles. The molecule has 4 nitrogen and oxygen atoms in total. The molecule has 0 saturated heterocycles. The standard InChI is InChI=1S/C12H13IN2O2/c1-15(2,3)8-6-4-5-7-9(13)11(12(16)17)14-10(7)8/h4-6,14H,1-3H3/p+1. The fourth-order valence-corrected chi connectivity index (χ4v) is 2.69. The van der Waals surface area contributed by atoms with E-state index in [-0.39, 0.29) is 5.69 Å². The fraction of sp³-hybridized carbons (Fsp3) is 0.250. The third-order valence-corrected chi connectivity index (χ3v) is 3.81. The van der Waals surface area contributed by atoms with Crippen LogP contribution in [0.25, 0.3) is 10.9 Å². The Balaban J connectivity index is 2.83. The molecular formula is C12H14IN2O2+. The molecule has 0 aliphatic heterocycles. The van der Waals surface area contributed by atoms with Crippen LogP contribution in [0, 0.1) is 3.57 Å². The summed E-state index contributed by atoms with van der Waals surface area (Å²) >= 11 is 2.07. The van der Waals surface area contributed by atoms with Gasteiger partial charge in [-0.3, -0.25) is 4.48 Å². The number of hydrogen-bond acceptors (Lipinski definition) is 1. The molecule has 5 heteroatoms. The van der Waals surface area contributed by atoms with Crippen LogP contribution in [0.15, 0.2) is 18.2 Å². The van der Waals surface area contributed by atoms with Gasteiger partial charge in [0.05, 0.1) is 24.7 Å². The molecule has 0 atom stereocenters. The number of rotatable bonds is 2. The maximum Gasteiger partial charge on any atom is 0.353 e. The van der Waals surface area contributed by atoms with Crippen molar-refractivity contribution < 1.29 is 9.90 Å². The summed E-state index contributed by atoms with van der Waals surface area (Å²) in [6, 6.07) is 5.92. The number of fused-ring (bicyclic) bond motifs is 1. The van der Waals surface area contributed by atoms with E-state index in [1.165, 1.54) is 0 Å². The highest BCUT2D eigenvalue weighted by Gasteiger charge is 2.22. The third-order valence-electron chi connectivity index (χ3n) is 2.68. The molecule has 0 aliphatic rings. The van der Waals surface area contributed by atoms with E-state index in [1.807, 2.05) is 18.2 Å². The van der Waals surface area contributed by atoms with Gasteiger partial charge >= 0.3 is 5.97 Å². The van der Waals surface area contributed by atoms with E-state index in [4.69, 9.17) is 5.11 Å². The summed E-state index contributed by atoms with van der Waals surface area (Å²) in [6.45, 7) is 0. The van der Waals surface area contributed by atoms with Gasteiger partial charge in [0.1, 0.15) is 11.2 Å². The lowest BCUT2D eigenvalue weighted by molar-refractivity contribution is 0.0690. The van der Waals surface area contributed by atoms with Crippen LogP contribution in [0.5, 0.6) is 0 Å². The number of carboxylic acid groups (broad SMARTS) is 1. The van der Waals surface area contributed by atoms with Gasteiger partial charge in [0.15, 0.2) is 5.69 Å². The normalized spacial score (nSPS) is 12.0. The molecule has 0 spiro atoms. The largest absolute Gasteiger partial charge is 0.477 e. The van der Waals surface area contributed by atoms with Crippen molar-refractivity contribution in [2.45, 2.75) is 0 Å². The minimum absolute atomic E-state index is 0.265. The van der Waals surface area contributed by atoms with E-state index in [1.54, 1.807) is 0 Å². The molecule has 0 bridgehead atoms. The van der Waals surface area contributed by atoms with Crippen molar-refractivity contribution in [3.05, 3.63) is 27.5 Å². The van der Waals surface area contributed by atoms with Gasteiger partial charge in [-0.2, -0.15) is 0 Å². The second kappa shape index (κ2) is 3.99. The van der Waals surface area contributed by atoms with Gasteiger partial charge in [0.25, 0.3) is 0 Å². The van der Waals surface area contributed by atoms with Gasteiger partial charge in [0.2, 0.25) is 0 Å². The minimum Gasteiger partial charge on any atom is -0.477 e. The van der Waals surface area contributed by atoms with Crippen LogP contribution in [0.2, 0.25) is 0 Å². The van der Waals surface area contributed by atoms with Crippen molar-refractivity contribution in [3.63, 3.8) is 0 Å². The Morgan fingerprint density at radius 2 is 2.00 bits per heavy atom. The summed E-state index contributed by atoms with van der Waals surface area (Å²) in [4.78, 5) is 14.1. The predicted molar refractivity (Wildman–Crippen MR) is 77.5 cm³/mol. The van der Waals surface area contributed by atoms with Crippen molar-refractivity contribution in [1.82, 2.24) is 9.47 Å². The maximum absolute atomic E-state index is 11.1. The van der Waals surface area contributed by atoms with E-state index in [2.05, 4.69) is 48.7 Å².